The third-order valence-electron chi connectivity index (χ3n) is 5.63. The molecule has 1 aliphatic carbocycles. The quantitative estimate of drug-likeness (QED) is 0.247. The largest absolute Gasteiger partial charge is 0.439 e. The minimum Gasteiger partial charge on any atom is -0.439 e. The maximum Gasteiger partial charge on any atom is 0.269 e. The number of benzene rings is 2. The van der Waals surface area contributed by atoms with Crippen molar-refractivity contribution in [3.05, 3.63) is 76.4 Å². The summed E-state index contributed by atoms with van der Waals surface area (Å²) in [5, 5.41) is 11.9. The average Bonchev–Trinajstić information content (AvgIpc) is 3.17. The maximum atomic E-state index is 13.7. The molecule has 8 heteroatoms. The lowest BCUT2D eigenvalue weighted by atomic mass is 9.88. The molecule has 2 aromatic carbocycles. The van der Waals surface area contributed by atoms with Crippen LogP contribution in [0.5, 0.6) is 0 Å². The molecule has 0 saturated heterocycles. The number of anilines is 1. The molecule has 1 aromatic heterocycles. The van der Waals surface area contributed by atoms with Crippen molar-refractivity contribution in [2.75, 3.05) is 10.8 Å². The van der Waals surface area contributed by atoms with E-state index in [4.69, 9.17) is 4.42 Å². The molecule has 168 valence electrons. The molecule has 1 aliphatic rings. The molecule has 0 bridgehead atoms. The van der Waals surface area contributed by atoms with Crippen molar-refractivity contribution in [1.29, 1.82) is 0 Å². The van der Waals surface area contributed by atoms with E-state index in [1.54, 1.807) is 0 Å². The highest BCUT2D eigenvalue weighted by atomic mass is 32.2. The second kappa shape index (κ2) is 8.78. The van der Waals surface area contributed by atoms with E-state index in [9.17, 15) is 18.5 Å². The molecule has 0 radical (unpaired) electrons. The van der Waals surface area contributed by atoms with Gasteiger partial charge in [0.25, 0.3) is 15.7 Å². The Labute approximate surface area is 187 Å². The van der Waals surface area contributed by atoms with E-state index in [0.29, 0.717) is 11.5 Å². The summed E-state index contributed by atoms with van der Waals surface area (Å²) in [6, 6.07) is 12.6. The first-order valence-corrected chi connectivity index (χ1v) is 12.2. The third-order valence-corrected chi connectivity index (χ3v) is 7.40. The van der Waals surface area contributed by atoms with Crippen LogP contribution < -0.4 is 4.31 Å². The van der Waals surface area contributed by atoms with Crippen LogP contribution in [-0.2, 0) is 10.0 Å². The highest BCUT2D eigenvalue weighted by Gasteiger charge is 2.34. The van der Waals surface area contributed by atoms with Crippen LogP contribution in [0.15, 0.2) is 70.0 Å². The van der Waals surface area contributed by atoms with Gasteiger partial charge in [-0.3, -0.25) is 10.1 Å². The number of sulfonamides is 1. The average molecular weight is 455 g/mol. The van der Waals surface area contributed by atoms with E-state index in [-0.39, 0.29) is 29.0 Å². The Bertz CT molecular complexity index is 1260. The highest BCUT2D eigenvalue weighted by molar-refractivity contribution is 7.92. The summed E-state index contributed by atoms with van der Waals surface area (Å²) in [7, 11) is -4.01. The number of fused-ring (bicyclic) bond motifs is 1. The van der Waals surface area contributed by atoms with E-state index >= 15 is 0 Å². The molecule has 32 heavy (non-hydrogen) atoms. The SMILES string of the molecule is CC(C)CN(c1oc2ccccc2c1C1C=CCCC1)S(=O)(=O)c1ccc([N+](=O)[O-])cc1. The van der Waals surface area contributed by atoms with Crippen LogP contribution in [0.25, 0.3) is 11.0 Å². The molecule has 4 rings (SSSR count). The number of nitro benzene ring substituents is 1. The Kier molecular flexibility index (Phi) is 6.06. The van der Waals surface area contributed by atoms with Crippen LogP contribution in [-0.4, -0.2) is 19.9 Å². The monoisotopic (exact) mass is 454 g/mol. The third kappa shape index (κ3) is 4.14. The van der Waals surface area contributed by atoms with Gasteiger partial charge in [0.1, 0.15) is 5.58 Å². The predicted molar refractivity (Wildman–Crippen MR) is 124 cm³/mol. The molecule has 3 aromatic rings. The normalized spacial score (nSPS) is 16.5. The van der Waals surface area contributed by atoms with Crippen molar-refractivity contribution >= 4 is 32.6 Å². The van der Waals surface area contributed by atoms with Gasteiger partial charge in [0.05, 0.1) is 9.82 Å². The lowest BCUT2D eigenvalue weighted by Crippen LogP contribution is -2.35. The zero-order chi connectivity index (χ0) is 22.9. The summed E-state index contributed by atoms with van der Waals surface area (Å²) in [4.78, 5) is 10.5. The van der Waals surface area contributed by atoms with E-state index in [1.165, 1.54) is 28.6 Å². The number of allylic oxidation sites excluding steroid dienone is 2. The number of furan rings is 1. The number of hydrogen-bond acceptors (Lipinski definition) is 5. The van der Waals surface area contributed by atoms with Crippen LogP contribution >= 0.6 is 0 Å². The summed E-state index contributed by atoms with van der Waals surface area (Å²) in [6.07, 6.45) is 7.23. The number of para-hydroxylation sites is 1. The van der Waals surface area contributed by atoms with Crippen LogP contribution in [0, 0.1) is 16.0 Å². The van der Waals surface area contributed by atoms with E-state index < -0.39 is 14.9 Å². The Hall–Kier alpha value is -3.13. The molecular formula is C24H26N2O5S. The van der Waals surface area contributed by atoms with Gasteiger partial charge >= 0.3 is 0 Å². The minimum atomic E-state index is -4.01. The second-order valence-corrected chi connectivity index (χ2v) is 10.3. The minimum absolute atomic E-state index is 0.00524. The Balaban J connectivity index is 1.89. The first kappa shape index (κ1) is 22.1. The van der Waals surface area contributed by atoms with Crippen molar-refractivity contribution in [1.82, 2.24) is 0 Å². The number of non-ortho nitro benzene ring substituents is 1. The first-order valence-electron chi connectivity index (χ1n) is 10.7. The Morgan fingerprint density at radius 1 is 1.16 bits per heavy atom. The van der Waals surface area contributed by atoms with Gasteiger partial charge in [-0.25, -0.2) is 12.7 Å². The fourth-order valence-electron chi connectivity index (χ4n) is 4.14. The molecule has 0 fully saturated rings. The maximum absolute atomic E-state index is 13.7. The Morgan fingerprint density at radius 2 is 1.88 bits per heavy atom. The van der Waals surface area contributed by atoms with E-state index in [1.807, 2.05) is 38.1 Å². The molecule has 0 amide bonds. The number of nitro groups is 1. The lowest BCUT2D eigenvalue weighted by Gasteiger charge is -2.27. The predicted octanol–water partition coefficient (Wildman–Crippen LogP) is 6.02. The molecular weight excluding hydrogens is 428 g/mol. The van der Waals surface area contributed by atoms with Crippen molar-refractivity contribution < 1.29 is 17.8 Å². The molecule has 7 nitrogen and oxygen atoms in total. The summed E-state index contributed by atoms with van der Waals surface area (Å²) in [5.41, 5.74) is 1.36. The van der Waals surface area contributed by atoms with Crippen molar-refractivity contribution in [3.63, 3.8) is 0 Å². The molecule has 0 N–H and O–H groups in total. The number of hydrogen-bond donors (Lipinski definition) is 0. The van der Waals surface area contributed by atoms with Gasteiger partial charge in [0, 0.05) is 35.5 Å². The Morgan fingerprint density at radius 3 is 2.50 bits per heavy atom. The fraction of sp³-hybridized carbons (Fsp3) is 0.333. The van der Waals surface area contributed by atoms with Crippen LogP contribution in [0.2, 0.25) is 0 Å². The zero-order valence-corrected chi connectivity index (χ0v) is 18.9. The molecule has 0 spiro atoms. The van der Waals surface area contributed by atoms with Gasteiger partial charge in [-0.2, -0.15) is 0 Å². The highest BCUT2D eigenvalue weighted by Crippen LogP contribution is 2.43. The van der Waals surface area contributed by atoms with Crippen molar-refractivity contribution in [2.24, 2.45) is 5.92 Å². The number of rotatable bonds is 7. The summed E-state index contributed by atoms with van der Waals surface area (Å²) in [6.45, 7) is 4.12. The van der Waals surface area contributed by atoms with Gasteiger partial charge in [0.2, 0.25) is 5.88 Å². The number of nitrogens with zero attached hydrogens (tertiary/aromatic N) is 2. The standard InChI is InChI=1S/C24H26N2O5S/c1-17(2)16-25(32(29,30)20-14-12-19(13-15-20)26(27)28)24-23(18-8-4-3-5-9-18)21-10-6-7-11-22(21)31-24/h4,6-8,10-15,17-18H,3,5,9,16H2,1-2H3. The summed E-state index contributed by atoms with van der Waals surface area (Å²) in [5.74, 6) is 0.421. The van der Waals surface area contributed by atoms with Crippen LogP contribution in [0.3, 0.4) is 0 Å². The van der Waals surface area contributed by atoms with Crippen LogP contribution in [0.1, 0.15) is 44.6 Å². The van der Waals surface area contributed by atoms with Gasteiger partial charge in [-0.15, -0.1) is 0 Å². The molecule has 0 aliphatic heterocycles. The second-order valence-electron chi connectivity index (χ2n) is 8.46. The topological polar surface area (TPSA) is 93.7 Å². The molecule has 1 heterocycles. The molecule has 1 unspecified atom stereocenters. The molecule has 0 saturated carbocycles. The van der Waals surface area contributed by atoms with Crippen molar-refractivity contribution in [3.8, 4) is 0 Å². The first-order chi connectivity index (χ1) is 15.3. The lowest BCUT2D eigenvalue weighted by molar-refractivity contribution is -0.384. The van der Waals surface area contributed by atoms with Gasteiger partial charge in [-0.05, 0) is 43.4 Å². The van der Waals surface area contributed by atoms with Crippen LogP contribution in [0.4, 0.5) is 11.6 Å². The van der Waals surface area contributed by atoms with E-state index in [0.717, 1.165) is 30.2 Å². The van der Waals surface area contributed by atoms with Gasteiger partial charge in [0.15, 0.2) is 0 Å². The van der Waals surface area contributed by atoms with Gasteiger partial charge < -0.3 is 4.42 Å². The smallest absolute Gasteiger partial charge is 0.269 e. The summed E-state index contributed by atoms with van der Waals surface area (Å²) >= 11 is 0. The zero-order valence-electron chi connectivity index (χ0n) is 18.1. The van der Waals surface area contributed by atoms with Crippen molar-refractivity contribution in [2.45, 2.75) is 43.9 Å². The van der Waals surface area contributed by atoms with Gasteiger partial charge in [-0.1, -0.05) is 44.2 Å². The fourth-order valence-corrected chi connectivity index (χ4v) is 5.72. The molecule has 1 atom stereocenters. The summed E-state index contributed by atoms with van der Waals surface area (Å²) < 4.78 is 35.0. The van der Waals surface area contributed by atoms with E-state index in [2.05, 4.69) is 12.2 Å².